The van der Waals surface area contributed by atoms with Crippen molar-refractivity contribution in [2.75, 3.05) is 0 Å². The molecule has 3 rings (SSSR count). The van der Waals surface area contributed by atoms with Crippen LogP contribution in [-0.4, -0.2) is 9.78 Å². The van der Waals surface area contributed by atoms with E-state index in [9.17, 15) is 8.78 Å². The molecule has 0 saturated heterocycles. The Labute approximate surface area is 153 Å². The minimum Gasteiger partial charge on any atom is -0.268 e. The summed E-state index contributed by atoms with van der Waals surface area (Å²) in [5.74, 6) is -0.946. The van der Waals surface area contributed by atoms with Crippen LogP contribution < -0.4 is 0 Å². The predicted molar refractivity (Wildman–Crippen MR) is 101 cm³/mol. The van der Waals surface area contributed by atoms with Gasteiger partial charge in [-0.15, -0.1) is 0 Å². The van der Waals surface area contributed by atoms with Gasteiger partial charge >= 0.3 is 0 Å². The lowest BCUT2D eigenvalue weighted by molar-refractivity contribution is 0.364. The summed E-state index contributed by atoms with van der Waals surface area (Å²) >= 11 is 0. The molecule has 0 N–H and O–H groups in total. The molecule has 0 aliphatic rings. The van der Waals surface area contributed by atoms with E-state index in [-0.39, 0.29) is 5.92 Å². The molecular formula is C22H24F2N2. The third kappa shape index (κ3) is 3.16. The maximum Gasteiger partial charge on any atom is 0.129 e. The third-order valence-corrected chi connectivity index (χ3v) is 5.76. The zero-order chi connectivity index (χ0) is 18.9. The molecule has 0 bridgehead atoms. The molecule has 26 heavy (non-hydrogen) atoms. The predicted octanol–water partition coefficient (Wildman–Crippen LogP) is 5.84. The van der Waals surface area contributed by atoms with Crippen LogP contribution in [0.5, 0.6) is 0 Å². The summed E-state index contributed by atoms with van der Waals surface area (Å²) in [5.41, 5.74) is 3.40. The topological polar surface area (TPSA) is 17.8 Å². The molecular weight excluding hydrogens is 330 g/mol. The number of rotatable bonds is 5. The van der Waals surface area contributed by atoms with Gasteiger partial charge in [0.2, 0.25) is 0 Å². The van der Waals surface area contributed by atoms with E-state index in [0.29, 0.717) is 5.56 Å². The summed E-state index contributed by atoms with van der Waals surface area (Å²) in [6, 6.07) is 14.2. The van der Waals surface area contributed by atoms with E-state index in [2.05, 4.69) is 36.3 Å². The van der Waals surface area contributed by atoms with Crippen LogP contribution in [0.15, 0.2) is 54.7 Å². The number of hydrogen-bond donors (Lipinski definition) is 0. The van der Waals surface area contributed by atoms with Gasteiger partial charge < -0.3 is 0 Å². The van der Waals surface area contributed by atoms with Crippen molar-refractivity contribution < 1.29 is 8.78 Å². The Balaban J connectivity index is 1.95. The fourth-order valence-corrected chi connectivity index (χ4v) is 3.65. The van der Waals surface area contributed by atoms with Gasteiger partial charge in [0.15, 0.2) is 0 Å². The van der Waals surface area contributed by atoms with E-state index in [1.807, 2.05) is 31.6 Å². The molecule has 0 aliphatic heterocycles. The molecule has 4 heteroatoms. The first kappa shape index (κ1) is 18.3. The van der Waals surface area contributed by atoms with E-state index in [1.54, 1.807) is 12.3 Å². The van der Waals surface area contributed by atoms with Crippen molar-refractivity contribution in [3.05, 3.63) is 77.5 Å². The Hall–Kier alpha value is -2.49. The van der Waals surface area contributed by atoms with Crippen LogP contribution >= 0.6 is 0 Å². The summed E-state index contributed by atoms with van der Waals surface area (Å²) in [6.07, 6.45) is 2.53. The van der Waals surface area contributed by atoms with Crippen molar-refractivity contribution in [3.8, 4) is 11.3 Å². The summed E-state index contributed by atoms with van der Waals surface area (Å²) < 4.78 is 29.6. The second kappa shape index (κ2) is 7.02. The number of hydrogen-bond acceptors (Lipinski definition) is 1. The van der Waals surface area contributed by atoms with Gasteiger partial charge in [0.1, 0.15) is 11.6 Å². The summed E-state index contributed by atoms with van der Waals surface area (Å²) in [6.45, 7) is 6.19. The molecule has 3 aromatic rings. The quantitative estimate of drug-likeness (QED) is 0.563. The maximum absolute atomic E-state index is 14.5. The fraction of sp³-hybridized carbons (Fsp3) is 0.318. The Morgan fingerprint density at radius 1 is 1.08 bits per heavy atom. The molecule has 1 aromatic heterocycles. The van der Waals surface area contributed by atoms with Crippen molar-refractivity contribution in [2.45, 2.75) is 38.5 Å². The van der Waals surface area contributed by atoms with Gasteiger partial charge in [-0.2, -0.15) is 5.10 Å². The zero-order valence-corrected chi connectivity index (χ0v) is 15.6. The van der Waals surface area contributed by atoms with Gasteiger partial charge in [0.25, 0.3) is 0 Å². The highest BCUT2D eigenvalue weighted by atomic mass is 19.1. The fourth-order valence-electron chi connectivity index (χ4n) is 3.65. The molecule has 0 aliphatic carbocycles. The van der Waals surface area contributed by atoms with E-state index in [1.165, 1.54) is 6.07 Å². The molecule has 2 atom stereocenters. The largest absolute Gasteiger partial charge is 0.268 e. The van der Waals surface area contributed by atoms with Crippen molar-refractivity contribution in [2.24, 2.45) is 7.05 Å². The highest BCUT2D eigenvalue weighted by Crippen LogP contribution is 2.42. The number of halogens is 2. The van der Waals surface area contributed by atoms with Gasteiger partial charge in [-0.1, -0.05) is 51.1 Å². The normalized spacial score (nSPS) is 14.8. The lowest BCUT2D eigenvalue weighted by atomic mass is 9.68. The Morgan fingerprint density at radius 2 is 1.77 bits per heavy atom. The van der Waals surface area contributed by atoms with Crippen LogP contribution in [0.25, 0.3) is 11.3 Å². The smallest absolute Gasteiger partial charge is 0.129 e. The summed E-state index contributed by atoms with van der Waals surface area (Å²) in [4.78, 5) is 0. The van der Waals surface area contributed by atoms with Crippen LogP contribution in [0, 0.1) is 11.6 Å². The highest BCUT2D eigenvalue weighted by Gasteiger charge is 2.34. The van der Waals surface area contributed by atoms with Gasteiger partial charge in [-0.05, 0) is 41.2 Å². The second-order valence-electron chi connectivity index (χ2n) is 7.08. The Morgan fingerprint density at radius 3 is 2.31 bits per heavy atom. The number of nitrogens with zero attached hydrogens (tertiary/aromatic N) is 2. The molecule has 0 fully saturated rings. The first-order valence-electron chi connectivity index (χ1n) is 8.90. The average Bonchev–Trinajstić information content (AvgIpc) is 3.06. The molecule has 136 valence electrons. The zero-order valence-electron chi connectivity index (χ0n) is 15.6. The Bertz CT molecular complexity index is 899. The van der Waals surface area contributed by atoms with E-state index < -0.39 is 17.0 Å². The number of aromatic nitrogens is 2. The van der Waals surface area contributed by atoms with Crippen LogP contribution in [0.1, 0.15) is 44.2 Å². The minimum absolute atomic E-state index is 0.0769. The van der Waals surface area contributed by atoms with Crippen LogP contribution in [-0.2, 0) is 12.5 Å². The molecule has 1 heterocycles. The molecule has 0 unspecified atom stereocenters. The van der Waals surface area contributed by atoms with Crippen LogP contribution in [0.3, 0.4) is 0 Å². The number of benzene rings is 2. The van der Waals surface area contributed by atoms with E-state index in [4.69, 9.17) is 0 Å². The molecule has 2 aromatic carbocycles. The first-order valence-corrected chi connectivity index (χ1v) is 8.90. The third-order valence-electron chi connectivity index (χ3n) is 5.76. The SMILES string of the molecule is CC[C@](C)(c1ccc(F)cc1F)[C@@H](C)c1ccc(-c2ccnn2C)cc1. The van der Waals surface area contributed by atoms with E-state index >= 15 is 0 Å². The van der Waals surface area contributed by atoms with Gasteiger partial charge in [0, 0.05) is 24.7 Å². The summed E-state index contributed by atoms with van der Waals surface area (Å²) in [7, 11) is 1.91. The standard InChI is InChI=1S/C22H24F2N2/c1-5-22(3,19-11-10-18(23)14-20(19)24)15(2)16-6-8-17(9-7-16)21-12-13-25-26(21)4/h6-15H,5H2,1-4H3/t15-,22-/m0/s1. The molecule has 2 nitrogen and oxygen atoms in total. The van der Waals surface area contributed by atoms with Crippen LogP contribution in [0.4, 0.5) is 8.78 Å². The van der Waals surface area contributed by atoms with Gasteiger partial charge in [-0.25, -0.2) is 8.78 Å². The van der Waals surface area contributed by atoms with Gasteiger partial charge in [-0.3, -0.25) is 4.68 Å². The maximum atomic E-state index is 14.5. The monoisotopic (exact) mass is 354 g/mol. The van der Waals surface area contributed by atoms with Crippen molar-refractivity contribution in [1.29, 1.82) is 0 Å². The van der Waals surface area contributed by atoms with Crippen molar-refractivity contribution in [1.82, 2.24) is 9.78 Å². The number of aryl methyl sites for hydroxylation is 1. The van der Waals surface area contributed by atoms with Gasteiger partial charge in [0.05, 0.1) is 5.69 Å². The molecule has 0 spiro atoms. The second-order valence-corrected chi connectivity index (χ2v) is 7.08. The molecule has 0 amide bonds. The lowest BCUT2D eigenvalue weighted by Gasteiger charge is -2.36. The Kier molecular flexibility index (Phi) is 4.94. The van der Waals surface area contributed by atoms with Crippen LogP contribution in [0.2, 0.25) is 0 Å². The minimum atomic E-state index is -0.544. The molecule has 0 radical (unpaired) electrons. The average molecular weight is 354 g/mol. The van der Waals surface area contributed by atoms with Crippen molar-refractivity contribution in [3.63, 3.8) is 0 Å². The molecule has 0 saturated carbocycles. The first-order chi connectivity index (χ1) is 12.4. The van der Waals surface area contributed by atoms with E-state index in [0.717, 1.165) is 29.3 Å². The summed E-state index contributed by atoms with van der Waals surface area (Å²) in [5, 5.41) is 4.20. The lowest BCUT2D eigenvalue weighted by Crippen LogP contribution is -2.29. The van der Waals surface area contributed by atoms with Crippen molar-refractivity contribution >= 4 is 0 Å². The highest BCUT2D eigenvalue weighted by molar-refractivity contribution is 5.59.